The molecule has 0 N–H and O–H groups in total. The summed E-state index contributed by atoms with van der Waals surface area (Å²) in [7, 11) is -3.37. The summed E-state index contributed by atoms with van der Waals surface area (Å²) in [6.07, 6.45) is 3.76. The van der Waals surface area contributed by atoms with Crippen molar-refractivity contribution in [2.75, 3.05) is 12.3 Å². The molecule has 1 saturated heterocycles. The van der Waals surface area contributed by atoms with Gasteiger partial charge in [0.15, 0.2) is 4.75 Å². The summed E-state index contributed by atoms with van der Waals surface area (Å²) < 4.78 is 23.2. The van der Waals surface area contributed by atoms with Crippen molar-refractivity contribution < 1.29 is 13.2 Å². The minimum Gasteiger partial charge on any atom is -0.272 e. The monoisotopic (exact) mass is 265 g/mol. The molecule has 0 bridgehead atoms. The van der Waals surface area contributed by atoms with Crippen molar-refractivity contribution in [2.45, 2.75) is 44.3 Å². The number of hydrogen-bond donors (Lipinski definition) is 1. The number of amides is 1. The summed E-state index contributed by atoms with van der Waals surface area (Å²) in [5, 5.41) is 0. The summed E-state index contributed by atoms with van der Waals surface area (Å²) in [6, 6.07) is 0. The zero-order chi connectivity index (χ0) is 12.4. The van der Waals surface area contributed by atoms with E-state index in [-0.39, 0.29) is 5.91 Å². The first kappa shape index (κ1) is 13.8. The molecule has 0 aromatic rings. The predicted octanol–water partition coefficient (Wildman–Crippen LogP) is 1.43. The number of carbonyl (C=O) groups is 1. The lowest BCUT2D eigenvalue weighted by Crippen LogP contribution is -2.67. The summed E-state index contributed by atoms with van der Waals surface area (Å²) in [5.41, 5.74) is 0. The van der Waals surface area contributed by atoms with Gasteiger partial charge in [0, 0.05) is 6.54 Å². The van der Waals surface area contributed by atoms with Gasteiger partial charge >= 0.3 is 0 Å². The quantitative estimate of drug-likeness (QED) is 0.584. The Kier molecular flexibility index (Phi) is 4.29. The molecule has 1 heterocycles. The minimum atomic E-state index is -3.37. The van der Waals surface area contributed by atoms with E-state index < -0.39 is 14.8 Å². The molecule has 0 spiro atoms. The number of sulfonamides is 1. The van der Waals surface area contributed by atoms with Crippen LogP contribution in [0.25, 0.3) is 0 Å². The van der Waals surface area contributed by atoms with E-state index >= 15 is 0 Å². The fraction of sp³-hybridized carbons (Fsp3) is 0.900. The lowest BCUT2D eigenvalue weighted by atomic mass is 10.1. The Morgan fingerprint density at radius 3 is 2.25 bits per heavy atom. The Hall–Kier alpha value is -0.230. The van der Waals surface area contributed by atoms with Crippen LogP contribution in [0.2, 0.25) is 0 Å². The number of rotatable bonds is 6. The van der Waals surface area contributed by atoms with E-state index in [1.165, 1.54) is 13.8 Å². The molecule has 0 aromatic carbocycles. The molecule has 4 nitrogen and oxygen atoms in total. The molecule has 1 fully saturated rings. The van der Waals surface area contributed by atoms with Crippen LogP contribution in [-0.4, -0.2) is 35.7 Å². The highest BCUT2D eigenvalue weighted by Gasteiger charge is 2.59. The van der Waals surface area contributed by atoms with E-state index in [1.807, 2.05) is 0 Å². The summed E-state index contributed by atoms with van der Waals surface area (Å²) >= 11 is 4.10. The molecule has 0 aromatic heterocycles. The van der Waals surface area contributed by atoms with Gasteiger partial charge < -0.3 is 0 Å². The third kappa shape index (κ3) is 2.22. The number of thiol groups is 1. The molecule has 1 aliphatic rings. The van der Waals surface area contributed by atoms with E-state index in [1.54, 1.807) is 0 Å². The van der Waals surface area contributed by atoms with Crippen molar-refractivity contribution in [3.8, 4) is 0 Å². The van der Waals surface area contributed by atoms with Gasteiger partial charge in [0.25, 0.3) is 15.9 Å². The van der Waals surface area contributed by atoms with Crippen LogP contribution in [-0.2, 0) is 14.8 Å². The molecule has 0 atom stereocenters. The maximum Gasteiger partial charge on any atom is 0.258 e. The van der Waals surface area contributed by atoms with Crippen LogP contribution in [0.1, 0.15) is 39.5 Å². The van der Waals surface area contributed by atoms with Crippen molar-refractivity contribution in [2.24, 2.45) is 0 Å². The Balaban J connectivity index is 2.38. The highest BCUT2D eigenvalue weighted by atomic mass is 32.2. The third-order valence-corrected chi connectivity index (χ3v) is 5.66. The van der Waals surface area contributed by atoms with Gasteiger partial charge in [0.1, 0.15) is 0 Å². The van der Waals surface area contributed by atoms with Gasteiger partial charge in [-0.2, -0.15) is 12.6 Å². The van der Waals surface area contributed by atoms with Crippen LogP contribution in [0.5, 0.6) is 0 Å². The largest absolute Gasteiger partial charge is 0.272 e. The molecule has 6 heteroatoms. The molecule has 0 radical (unpaired) electrons. The van der Waals surface area contributed by atoms with Crippen LogP contribution in [0, 0.1) is 0 Å². The maximum absolute atomic E-state index is 11.7. The second-order valence-electron chi connectivity index (χ2n) is 4.53. The second kappa shape index (κ2) is 4.96. The Morgan fingerprint density at radius 1 is 1.19 bits per heavy atom. The highest BCUT2D eigenvalue weighted by Crippen LogP contribution is 2.34. The first-order chi connectivity index (χ1) is 7.35. The molecule has 0 aliphatic carbocycles. The van der Waals surface area contributed by atoms with Crippen LogP contribution in [0.4, 0.5) is 0 Å². The van der Waals surface area contributed by atoms with Crippen LogP contribution in [0.15, 0.2) is 0 Å². The zero-order valence-corrected chi connectivity index (χ0v) is 11.5. The van der Waals surface area contributed by atoms with Gasteiger partial charge in [-0.3, -0.25) is 4.79 Å². The smallest absolute Gasteiger partial charge is 0.258 e. The Labute approximate surface area is 103 Å². The van der Waals surface area contributed by atoms with Gasteiger partial charge in [-0.25, -0.2) is 12.7 Å². The summed E-state index contributed by atoms with van der Waals surface area (Å²) in [4.78, 5) is 11.6. The van der Waals surface area contributed by atoms with Gasteiger partial charge in [0.2, 0.25) is 0 Å². The Bertz CT molecular complexity index is 362. The molecule has 0 unspecified atom stereocenters. The standard InChI is InChI=1S/C10H19NO3S2/c1-10(2)9(12)11(16(10,13)14)7-5-3-4-6-8-15/h15H,3-8H2,1-2H3. The summed E-state index contributed by atoms with van der Waals surface area (Å²) in [6.45, 7) is 3.25. The van der Waals surface area contributed by atoms with Crippen molar-refractivity contribution >= 4 is 28.6 Å². The molecular weight excluding hydrogens is 246 g/mol. The predicted molar refractivity (Wildman–Crippen MR) is 67.0 cm³/mol. The Morgan fingerprint density at radius 2 is 1.75 bits per heavy atom. The van der Waals surface area contributed by atoms with Gasteiger partial charge in [-0.05, 0) is 32.4 Å². The van der Waals surface area contributed by atoms with E-state index in [2.05, 4.69) is 12.6 Å². The third-order valence-electron chi connectivity index (χ3n) is 2.95. The van der Waals surface area contributed by atoms with Crippen molar-refractivity contribution in [3.05, 3.63) is 0 Å². The van der Waals surface area contributed by atoms with Crippen LogP contribution >= 0.6 is 12.6 Å². The van der Waals surface area contributed by atoms with Crippen LogP contribution < -0.4 is 0 Å². The first-order valence-electron chi connectivity index (χ1n) is 5.53. The number of nitrogens with zero attached hydrogens (tertiary/aromatic N) is 1. The van der Waals surface area contributed by atoms with E-state index in [0.717, 1.165) is 35.7 Å². The second-order valence-corrected chi connectivity index (χ2v) is 7.39. The van der Waals surface area contributed by atoms with Gasteiger partial charge in [0.05, 0.1) is 0 Å². The average Bonchev–Trinajstić information content (AvgIpc) is 2.22. The topological polar surface area (TPSA) is 54.5 Å². The zero-order valence-electron chi connectivity index (χ0n) is 9.77. The average molecular weight is 265 g/mol. The van der Waals surface area contributed by atoms with Gasteiger partial charge in [-0.1, -0.05) is 12.8 Å². The van der Waals surface area contributed by atoms with Crippen molar-refractivity contribution in [3.63, 3.8) is 0 Å². The molecule has 94 valence electrons. The molecule has 0 saturated carbocycles. The van der Waals surface area contributed by atoms with E-state index in [0.29, 0.717) is 6.54 Å². The normalized spacial score (nSPS) is 21.9. The summed E-state index contributed by atoms with van der Waals surface area (Å²) in [5.74, 6) is 0.579. The molecule has 1 amide bonds. The number of carbonyl (C=O) groups excluding carboxylic acids is 1. The molecule has 1 aliphatic heterocycles. The molecule has 16 heavy (non-hydrogen) atoms. The van der Waals surface area contributed by atoms with E-state index in [4.69, 9.17) is 0 Å². The molecular formula is C10H19NO3S2. The number of hydrogen-bond acceptors (Lipinski definition) is 4. The van der Waals surface area contributed by atoms with E-state index in [9.17, 15) is 13.2 Å². The van der Waals surface area contributed by atoms with Crippen molar-refractivity contribution in [1.82, 2.24) is 4.31 Å². The molecule has 1 rings (SSSR count). The maximum atomic E-state index is 11.7. The minimum absolute atomic E-state index is 0.276. The lowest BCUT2D eigenvalue weighted by Gasteiger charge is -2.43. The lowest BCUT2D eigenvalue weighted by molar-refractivity contribution is -0.132. The SMILES string of the molecule is CC1(C)C(=O)N(CCCCCCS)S1(=O)=O. The first-order valence-corrected chi connectivity index (χ1v) is 7.60. The van der Waals surface area contributed by atoms with Crippen molar-refractivity contribution in [1.29, 1.82) is 0 Å². The fourth-order valence-corrected chi connectivity index (χ4v) is 3.49. The van der Waals surface area contributed by atoms with Gasteiger partial charge in [-0.15, -0.1) is 0 Å². The van der Waals surface area contributed by atoms with Crippen LogP contribution in [0.3, 0.4) is 0 Å². The highest BCUT2D eigenvalue weighted by molar-refractivity contribution is 7.94. The number of unbranched alkanes of at least 4 members (excludes halogenated alkanes) is 3. The fourth-order valence-electron chi connectivity index (χ4n) is 1.70.